The summed E-state index contributed by atoms with van der Waals surface area (Å²) in [4.78, 5) is 18.8. The highest BCUT2D eigenvalue weighted by atomic mass is 16.5. The highest BCUT2D eigenvalue weighted by Crippen LogP contribution is 2.29. The van der Waals surface area contributed by atoms with Gasteiger partial charge >= 0.3 is 0 Å². The van der Waals surface area contributed by atoms with Crippen LogP contribution < -0.4 is 9.64 Å². The molecule has 0 N–H and O–H groups in total. The van der Waals surface area contributed by atoms with Gasteiger partial charge in [-0.25, -0.2) is 4.98 Å². The second kappa shape index (κ2) is 6.01. The van der Waals surface area contributed by atoms with Crippen LogP contribution in [0.2, 0.25) is 0 Å². The van der Waals surface area contributed by atoms with E-state index in [1.807, 2.05) is 23.1 Å². The molecule has 0 radical (unpaired) electrons. The van der Waals surface area contributed by atoms with Gasteiger partial charge in [0.15, 0.2) is 0 Å². The Labute approximate surface area is 134 Å². The molecule has 0 unspecified atom stereocenters. The van der Waals surface area contributed by atoms with E-state index >= 15 is 0 Å². The quantitative estimate of drug-likeness (QED) is 0.874. The number of pyridine rings is 1. The standard InChI is InChI=1S/C18H18N2O3/c21-18(20-9-7-13-3-1-2-4-16(13)20)14-5-6-17(19-11-14)23-15-8-10-22-12-15/h1-6,11,15H,7-10,12H2/t15-/m1/s1. The summed E-state index contributed by atoms with van der Waals surface area (Å²) in [6.07, 6.45) is 3.44. The van der Waals surface area contributed by atoms with Crippen molar-refractivity contribution in [2.45, 2.75) is 18.9 Å². The molecule has 2 aliphatic rings. The molecule has 118 valence electrons. The number of fused-ring (bicyclic) bond motifs is 1. The van der Waals surface area contributed by atoms with Crippen molar-refractivity contribution in [1.82, 2.24) is 4.98 Å². The summed E-state index contributed by atoms with van der Waals surface area (Å²) in [7, 11) is 0. The van der Waals surface area contributed by atoms with E-state index in [1.54, 1.807) is 18.3 Å². The van der Waals surface area contributed by atoms with Gasteiger partial charge in [0, 0.05) is 30.9 Å². The average molecular weight is 310 g/mol. The third kappa shape index (κ3) is 2.80. The summed E-state index contributed by atoms with van der Waals surface area (Å²) in [6.45, 7) is 2.05. The molecule has 0 bridgehead atoms. The van der Waals surface area contributed by atoms with Crippen molar-refractivity contribution in [3.05, 3.63) is 53.7 Å². The average Bonchev–Trinajstić information content (AvgIpc) is 3.24. The summed E-state index contributed by atoms with van der Waals surface area (Å²) >= 11 is 0. The largest absolute Gasteiger partial charge is 0.472 e. The summed E-state index contributed by atoms with van der Waals surface area (Å²) < 4.78 is 11.0. The van der Waals surface area contributed by atoms with Crippen molar-refractivity contribution in [3.8, 4) is 5.88 Å². The fraction of sp³-hybridized carbons (Fsp3) is 0.333. The van der Waals surface area contributed by atoms with E-state index in [2.05, 4.69) is 11.1 Å². The van der Waals surface area contributed by atoms with Crippen LogP contribution in [0.1, 0.15) is 22.3 Å². The van der Waals surface area contributed by atoms with E-state index in [4.69, 9.17) is 9.47 Å². The van der Waals surface area contributed by atoms with Crippen LogP contribution in [0.3, 0.4) is 0 Å². The SMILES string of the molecule is O=C(c1ccc(O[C@@H]2CCOC2)nc1)N1CCc2ccccc21. The normalized spacial score (nSPS) is 19.7. The fourth-order valence-electron chi connectivity index (χ4n) is 3.06. The van der Waals surface area contributed by atoms with Gasteiger partial charge in [0.05, 0.1) is 18.8 Å². The smallest absolute Gasteiger partial charge is 0.259 e. The number of nitrogens with zero attached hydrogens (tertiary/aromatic N) is 2. The van der Waals surface area contributed by atoms with E-state index in [0.29, 0.717) is 18.1 Å². The molecular formula is C18H18N2O3. The summed E-state index contributed by atoms with van der Waals surface area (Å²) in [5, 5.41) is 0. The lowest BCUT2D eigenvalue weighted by atomic mass is 10.2. The van der Waals surface area contributed by atoms with Crippen LogP contribution in [0.5, 0.6) is 5.88 Å². The minimum absolute atomic E-state index is 0.0156. The molecule has 1 saturated heterocycles. The first-order chi connectivity index (χ1) is 11.3. The zero-order chi connectivity index (χ0) is 15.6. The van der Waals surface area contributed by atoms with Gasteiger partial charge < -0.3 is 14.4 Å². The molecule has 5 nitrogen and oxygen atoms in total. The minimum atomic E-state index is -0.0156. The summed E-state index contributed by atoms with van der Waals surface area (Å²) in [5.74, 6) is 0.525. The van der Waals surface area contributed by atoms with Crippen molar-refractivity contribution in [3.63, 3.8) is 0 Å². The lowest BCUT2D eigenvalue weighted by Crippen LogP contribution is -2.29. The molecule has 1 aromatic carbocycles. The van der Waals surface area contributed by atoms with Gasteiger partial charge in [-0.1, -0.05) is 18.2 Å². The maximum atomic E-state index is 12.7. The van der Waals surface area contributed by atoms with Crippen molar-refractivity contribution >= 4 is 11.6 Å². The highest BCUT2D eigenvalue weighted by molar-refractivity contribution is 6.07. The predicted octanol–water partition coefficient (Wildman–Crippen LogP) is 2.45. The van der Waals surface area contributed by atoms with Gasteiger partial charge in [-0.3, -0.25) is 4.79 Å². The summed E-state index contributed by atoms with van der Waals surface area (Å²) in [5.41, 5.74) is 2.80. The first-order valence-corrected chi connectivity index (χ1v) is 7.91. The van der Waals surface area contributed by atoms with Gasteiger partial charge in [-0.15, -0.1) is 0 Å². The molecule has 2 aliphatic heterocycles. The monoisotopic (exact) mass is 310 g/mol. The Morgan fingerprint density at radius 2 is 2.17 bits per heavy atom. The first-order valence-electron chi connectivity index (χ1n) is 7.91. The second-order valence-corrected chi connectivity index (χ2v) is 5.82. The molecule has 4 rings (SSSR count). The number of carbonyl (C=O) groups excluding carboxylic acids is 1. The van der Waals surface area contributed by atoms with Gasteiger partial charge in [-0.2, -0.15) is 0 Å². The van der Waals surface area contributed by atoms with Crippen molar-refractivity contribution in [2.24, 2.45) is 0 Å². The molecule has 1 atom stereocenters. The number of anilines is 1. The third-order valence-electron chi connectivity index (χ3n) is 4.29. The maximum Gasteiger partial charge on any atom is 0.259 e. The number of para-hydroxylation sites is 1. The third-order valence-corrected chi connectivity index (χ3v) is 4.29. The van der Waals surface area contributed by atoms with Gasteiger partial charge in [-0.05, 0) is 24.1 Å². The van der Waals surface area contributed by atoms with Crippen LogP contribution >= 0.6 is 0 Å². The molecule has 5 heteroatoms. The highest BCUT2D eigenvalue weighted by Gasteiger charge is 2.25. The molecule has 23 heavy (non-hydrogen) atoms. The number of rotatable bonds is 3. The van der Waals surface area contributed by atoms with E-state index in [1.165, 1.54) is 5.56 Å². The Morgan fingerprint density at radius 1 is 1.26 bits per heavy atom. The molecule has 3 heterocycles. The lowest BCUT2D eigenvalue weighted by Gasteiger charge is -2.17. The van der Waals surface area contributed by atoms with Gasteiger partial charge in [0.25, 0.3) is 5.91 Å². The zero-order valence-corrected chi connectivity index (χ0v) is 12.8. The molecule has 0 aliphatic carbocycles. The zero-order valence-electron chi connectivity index (χ0n) is 12.8. The number of amides is 1. The van der Waals surface area contributed by atoms with Gasteiger partial charge in [0.2, 0.25) is 5.88 Å². The molecule has 0 saturated carbocycles. The van der Waals surface area contributed by atoms with Crippen LogP contribution in [-0.4, -0.2) is 36.8 Å². The van der Waals surface area contributed by atoms with Crippen molar-refractivity contribution < 1.29 is 14.3 Å². The Morgan fingerprint density at radius 3 is 2.96 bits per heavy atom. The summed E-state index contributed by atoms with van der Waals surface area (Å²) in [6, 6.07) is 11.6. The second-order valence-electron chi connectivity index (χ2n) is 5.82. The lowest BCUT2D eigenvalue weighted by molar-refractivity contribution is 0.0988. The van der Waals surface area contributed by atoms with E-state index in [9.17, 15) is 4.79 Å². The van der Waals surface area contributed by atoms with Crippen LogP contribution in [-0.2, 0) is 11.2 Å². The molecule has 0 spiro atoms. The molecular weight excluding hydrogens is 292 g/mol. The van der Waals surface area contributed by atoms with Crippen LogP contribution in [0, 0.1) is 0 Å². The van der Waals surface area contributed by atoms with E-state index in [0.717, 1.165) is 31.7 Å². The predicted molar refractivity (Wildman–Crippen MR) is 85.9 cm³/mol. The molecule has 2 aromatic rings. The Bertz CT molecular complexity index is 708. The molecule has 1 aromatic heterocycles. The van der Waals surface area contributed by atoms with Crippen LogP contribution in [0.4, 0.5) is 5.69 Å². The van der Waals surface area contributed by atoms with Crippen molar-refractivity contribution in [1.29, 1.82) is 0 Å². The van der Waals surface area contributed by atoms with Crippen molar-refractivity contribution in [2.75, 3.05) is 24.7 Å². The number of hydrogen-bond acceptors (Lipinski definition) is 4. The maximum absolute atomic E-state index is 12.7. The van der Waals surface area contributed by atoms with Gasteiger partial charge in [0.1, 0.15) is 6.10 Å². The fourth-order valence-corrected chi connectivity index (χ4v) is 3.06. The Kier molecular flexibility index (Phi) is 3.71. The number of carbonyl (C=O) groups is 1. The van der Waals surface area contributed by atoms with Crippen LogP contribution in [0.15, 0.2) is 42.6 Å². The Balaban J connectivity index is 1.49. The topological polar surface area (TPSA) is 51.7 Å². The molecule has 1 fully saturated rings. The number of ether oxygens (including phenoxy) is 2. The number of benzene rings is 1. The number of hydrogen-bond donors (Lipinski definition) is 0. The Hall–Kier alpha value is -2.40. The molecule has 1 amide bonds. The van der Waals surface area contributed by atoms with Crippen LogP contribution in [0.25, 0.3) is 0 Å². The van der Waals surface area contributed by atoms with E-state index in [-0.39, 0.29) is 12.0 Å². The minimum Gasteiger partial charge on any atom is -0.472 e. The first kappa shape index (κ1) is 14.2. The van der Waals surface area contributed by atoms with E-state index < -0.39 is 0 Å². The number of aromatic nitrogens is 1.